The van der Waals surface area contributed by atoms with Gasteiger partial charge < -0.3 is 9.47 Å². The Morgan fingerprint density at radius 2 is 1.90 bits per heavy atom. The van der Waals surface area contributed by atoms with Crippen molar-refractivity contribution in [1.82, 2.24) is 4.90 Å². The second-order valence-corrected chi connectivity index (χ2v) is 6.40. The van der Waals surface area contributed by atoms with Crippen LogP contribution in [0.5, 0.6) is 0 Å². The molecule has 3 rings (SSSR count). The van der Waals surface area contributed by atoms with Crippen LogP contribution in [-0.4, -0.2) is 41.6 Å². The van der Waals surface area contributed by atoms with Gasteiger partial charge in [-0.15, -0.1) is 0 Å². The molecule has 6 nitrogen and oxygen atoms in total. The molecule has 0 aromatic rings. The predicted octanol–water partition coefficient (Wildman–Crippen LogP) is 1.72. The fourth-order valence-corrected chi connectivity index (χ4v) is 2.99. The van der Waals surface area contributed by atoms with Crippen LogP contribution in [-0.2, 0) is 19.1 Å². The maximum atomic E-state index is 12.2. The number of esters is 1. The first-order valence-electron chi connectivity index (χ1n) is 6.88. The van der Waals surface area contributed by atoms with Gasteiger partial charge in [-0.3, -0.25) is 9.59 Å². The van der Waals surface area contributed by atoms with E-state index in [1.807, 2.05) is 0 Å². The van der Waals surface area contributed by atoms with E-state index in [-0.39, 0.29) is 17.8 Å². The standard InChI is InChI=1S/C14H21NO5/c1-14(2,3)20-13(18)15-10-6-5-8(11(15)16)7-9(10)12(17)19-4/h8-10H,5-7H2,1-4H3/t8-,9-,10+/m0/s1. The van der Waals surface area contributed by atoms with Crippen molar-refractivity contribution in [2.45, 2.75) is 51.7 Å². The van der Waals surface area contributed by atoms with E-state index in [4.69, 9.17) is 9.47 Å². The molecule has 0 radical (unpaired) electrons. The summed E-state index contributed by atoms with van der Waals surface area (Å²) in [4.78, 5) is 37.4. The molecule has 112 valence electrons. The number of rotatable bonds is 1. The van der Waals surface area contributed by atoms with E-state index < -0.39 is 23.7 Å². The molecule has 0 N–H and O–H groups in total. The number of nitrogens with zero attached hydrogens (tertiary/aromatic N) is 1. The van der Waals surface area contributed by atoms with Gasteiger partial charge in [0.1, 0.15) is 5.60 Å². The molecule has 3 atom stereocenters. The Morgan fingerprint density at radius 3 is 2.45 bits per heavy atom. The van der Waals surface area contributed by atoms with Gasteiger partial charge in [-0.1, -0.05) is 0 Å². The van der Waals surface area contributed by atoms with Gasteiger partial charge in [0, 0.05) is 5.92 Å². The molecule has 2 heterocycles. The summed E-state index contributed by atoms with van der Waals surface area (Å²) in [5.74, 6) is -1.29. The van der Waals surface area contributed by atoms with Crippen molar-refractivity contribution < 1.29 is 23.9 Å². The highest BCUT2D eigenvalue weighted by molar-refractivity contribution is 5.96. The maximum absolute atomic E-state index is 12.2. The Hall–Kier alpha value is -1.59. The van der Waals surface area contributed by atoms with E-state index in [0.717, 1.165) is 11.3 Å². The van der Waals surface area contributed by atoms with Crippen LogP contribution in [0.15, 0.2) is 0 Å². The summed E-state index contributed by atoms with van der Waals surface area (Å²) in [6, 6.07) is -0.435. The highest BCUT2D eigenvalue weighted by atomic mass is 16.6. The first kappa shape index (κ1) is 14.8. The van der Waals surface area contributed by atoms with Crippen LogP contribution in [0.25, 0.3) is 0 Å². The summed E-state index contributed by atoms with van der Waals surface area (Å²) in [7, 11) is 1.32. The number of carbonyl (C=O) groups excluding carboxylic acids is 3. The molecule has 1 saturated carbocycles. The lowest BCUT2D eigenvalue weighted by atomic mass is 9.72. The van der Waals surface area contributed by atoms with Crippen molar-refractivity contribution in [3.63, 3.8) is 0 Å². The number of fused-ring (bicyclic) bond motifs is 3. The second kappa shape index (κ2) is 5.07. The lowest BCUT2D eigenvalue weighted by Crippen LogP contribution is -2.61. The second-order valence-electron chi connectivity index (χ2n) is 6.40. The molecule has 0 aromatic carbocycles. The molecule has 20 heavy (non-hydrogen) atoms. The summed E-state index contributed by atoms with van der Waals surface area (Å²) < 4.78 is 10.1. The van der Waals surface area contributed by atoms with Crippen molar-refractivity contribution in [3.05, 3.63) is 0 Å². The number of methoxy groups -OCH3 is 1. The first-order valence-corrected chi connectivity index (χ1v) is 6.88. The van der Waals surface area contributed by atoms with Crippen LogP contribution >= 0.6 is 0 Å². The zero-order valence-corrected chi connectivity index (χ0v) is 12.3. The lowest BCUT2D eigenvalue weighted by molar-refractivity contribution is -0.161. The molecule has 3 fully saturated rings. The molecule has 3 aliphatic rings. The normalized spacial score (nSPS) is 29.3. The SMILES string of the molecule is COC(=O)[C@H]1C[C@@H]2CC[C@H]1N(C(=O)OC(C)(C)C)C2=O. The minimum absolute atomic E-state index is 0.226. The number of imide groups is 1. The molecular formula is C14H21NO5. The topological polar surface area (TPSA) is 72.9 Å². The third kappa shape index (κ3) is 2.64. The molecule has 2 bridgehead atoms. The predicted molar refractivity (Wildman–Crippen MR) is 69.7 cm³/mol. The van der Waals surface area contributed by atoms with E-state index >= 15 is 0 Å². The first-order chi connectivity index (χ1) is 9.24. The third-order valence-electron chi connectivity index (χ3n) is 3.83. The minimum Gasteiger partial charge on any atom is -0.469 e. The Morgan fingerprint density at radius 1 is 1.25 bits per heavy atom. The average molecular weight is 283 g/mol. The molecule has 6 heteroatoms. The summed E-state index contributed by atoms with van der Waals surface area (Å²) in [6.45, 7) is 5.24. The number of piperidine rings is 2. The Labute approximate surface area is 118 Å². The Balaban J connectivity index is 2.21. The van der Waals surface area contributed by atoms with Crippen LogP contribution in [0, 0.1) is 11.8 Å². The van der Waals surface area contributed by atoms with E-state index in [2.05, 4.69) is 0 Å². The Bertz CT molecular complexity index is 439. The van der Waals surface area contributed by atoms with Gasteiger partial charge in [0.25, 0.3) is 0 Å². The smallest absolute Gasteiger partial charge is 0.417 e. The lowest BCUT2D eigenvalue weighted by Gasteiger charge is -2.46. The molecular weight excluding hydrogens is 262 g/mol. The number of carbonyl (C=O) groups is 3. The van der Waals surface area contributed by atoms with E-state index in [1.54, 1.807) is 20.8 Å². The van der Waals surface area contributed by atoms with Gasteiger partial charge in [0.2, 0.25) is 5.91 Å². The number of hydrogen-bond acceptors (Lipinski definition) is 5. The van der Waals surface area contributed by atoms with E-state index in [9.17, 15) is 14.4 Å². The average Bonchev–Trinajstić information content (AvgIpc) is 2.36. The number of hydrogen-bond donors (Lipinski definition) is 0. The van der Waals surface area contributed by atoms with Gasteiger partial charge in [0.15, 0.2) is 0 Å². The summed E-state index contributed by atoms with van der Waals surface area (Å²) in [5, 5.41) is 0. The van der Waals surface area contributed by atoms with Crippen molar-refractivity contribution >= 4 is 18.0 Å². The van der Waals surface area contributed by atoms with Crippen LogP contribution in [0.4, 0.5) is 4.79 Å². The summed E-state index contributed by atoms with van der Waals surface area (Å²) >= 11 is 0. The monoisotopic (exact) mass is 283 g/mol. The number of ether oxygens (including phenoxy) is 2. The Kier molecular flexibility index (Phi) is 3.75. The molecule has 0 aromatic heterocycles. The summed E-state index contributed by atoms with van der Waals surface area (Å²) in [6.07, 6.45) is 1.16. The third-order valence-corrected chi connectivity index (χ3v) is 3.83. The van der Waals surface area contributed by atoms with Crippen molar-refractivity contribution in [2.24, 2.45) is 11.8 Å². The highest BCUT2D eigenvalue weighted by Crippen LogP contribution is 2.41. The van der Waals surface area contributed by atoms with Crippen molar-refractivity contribution in [2.75, 3.05) is 7.11 Å². The van der Waals surface area contributed by atoms with Crippen molar-refractivity contribution in [3.8, 4) is 0 Å². The number of amides is 2. The van der Waals surface area contributed by atoms with Gasteiger partial charge in [0.05, 0.1) is 19.1 Å². The fourth-order valence-electron chi connectivity index (χ4n) is 2.99. The van der Waals surface area contributed by atoms with E-state index in [1.165, 1.54) is 7.11 Å². The zero-order chi connectivity index (χ0) is 15.1. The van der Waals surface area contributed by atoms with Crippen LogP contribution in [0.2, 0.25) is 0 Å². The van der Waals surface area contributed by atoms with Gasteiger partial charge in [-0.25, -0.2) is 9.69 Å². The van der Waals surface area contributed by atoms with Gasteiger partial charge in [-0.2, -0.15) is 0 Å². The van der Waals surface area contributed by atoms with Gasteiger partial charge in [-0.05, 0) is 40.0 Å². The minimum atomic E-state index is -0.672. The maximum Gasteiger partial charge on any atom is 0.417 e. The molecule has 1 aliphatic carbocycles. The van der Waals surface area contributed by atoms with Crippen LogP contribution < -0.4 is 0 Å². The van der Waals surface area contributed by atoms with Crippen LogP contribution in [0.1, 0.15) is 40.0 Å². The quantitative estimate of drug-likeness (QED) is 0.685. The molecule has 2 aliphatic heterocycles. The molecule has 2 saturated heterocycles. The molecule has 0 unspecified atom stereocenters. The zero-order valence-electron chi connectivity index (χ0n) is 12.3. The fraction of sp³-hybridized carbons (Fsp3) is 0.786. The highest BCUT2D eigenvalue weighted by Gasteiger charge is 2.52. The largest absolute Gasteiger partial charge is 0.469 e. The van der Waals surface area contributed by atoms with Gasteiger partial charge >= 0.3 is 12.1 Å². The van der Waals surface area contributed by atoms with Crippen molar-refractivity contribution in [1.29, 1.82) is 0 Å². The van der Waals surface area contributed by atoms with Crippen LogP contribution in [0.3, 0.4) is 0 Å². The molecule has 0 spiro atoms. The molecule has 2 amide bonds. The summed E-state index contributed by atoms with van der Waals surface area (Å²) in [5.41, 5.74) is -0.672. The van der Waals surface area contributed by atoms with E-state index in [0.29, 0.717) is 12.8 Å².